The van der Waals surface area contributed by atoms with Crippen LogP contribution in [0.15, 0.2) is 53.4 Å². The van der Waals surface area contributed by atoms with Crippen LogP contribution < -0.4 is 14.4 Å². The number of carbonyl (C=O) groups excluding carboxylic acids is 2. The molecular weight excluding hydrogens is 630 g/mol. The predicted octanol–water partition coefficient (Wildman–Crippen LogP) is 5.71. The first-order valence-corrected chi connectivity index (χ1v) is 17.6. The zero-order valence-electron chi connectivity index (χ0n) is 27.2. The van der Waals surface area contributed by atoms with Crippen LogP contribution in [0.2, 0.25) is 5.02 Å². The number of hydrogen-bond donors (Lipinski definition) is 1. The van der Waals surface area contributed by atoms with Crippen LogP contribution in [0, 0.1) is 11.8 Å². The maximum absolute atomic E-state index is 13.6. The summed E-state index contributed by atoms with van der Waals surface area (Å²) in [4.78, 5) is 29.6. The average molecular weight is 674 g/mol. The third-order valence-corrected chi connectivity index (χ3v) is 10.9. The van der Waals surface area contributed by atoms with Crippen LogP contribution in [0.3, 0.4) is 0 Å². The summed E-state index contributed by atoms with van der Waals surface area (Å²) >= 11 is 6.33. The van der Waals surface area contributed by atoms with E-state index in [2.05, 4.69) is 9.62 Å². The third kappa shape index (κ3) is 7.47. The van der Waals surface area contributed by atoms with Crippen molar-refractivity contribution < 1.29 is 32.2 Å². The first kappa shape index (κ1) is 34.1. The Labute approximate surface area is 277 Å². The number of benzene rings is 2. The van der Waals surface area contributed by atoms with Gasteiger partial charge >= 0.3 is 6.09 Å². The van der Waals surface area contributed by atoms with Gasteiger partial charge in [-0.2, -0.15) is 0 Å². The zero-order chi connectivity index (χ0) is 33.3. The lowest BCUT2D eigenvalue weighted by Crippen LogP contribution is -2.51. The summed E-state index contributed by atoms with van der Waals surface area (Å²) in [5.41, 5.74) is 0.381. The van der Waals surface area contributed by atoms with Gasteiger partial charge in [0.2, 0.25) is 0 Å². The van der Waals surface area contributed by atoms with Crippen LogP contribution in [0.25, 0.3) is 0 Å². The fourth-order valence-electron chi connectivity index (χ4n) is 6.33. The lowest BCUT2D eigenvalue weighted by Gasteiger charge is -2.48. The molecule has 2 aliphatic heterocycles. The number of fused-ring (bicyclic) bond motifs is 3. The highest BCUT2D eigenvalue weighted by atomic mass is 35.5. The van der Waals surface area contributed by atoms with Gasteiger partial charge in [0.1, 0.15) is 23.6 Å². The summed E-state index contributed by atoms with van der Waals surface area (Å²) in [7, 11) is -0.937. The maximum atomic E-state index is 13.6. The molecule has 5 rings (SSSR count). The zero-order valence-corrected chi connectivity index (χ0v) is 28.7. The monoisotopic (exact) mass is 673 g/mol. The number of nitrogens with zero attached hydrogens (tertiary/aromatic N) is 2. The van der Waals surface area contributed by atoms with E-state index in [9.17, 15) is 18.0 Å². The number of halogens is 1. The number of rotatable bonds is 1. The van der Waals surface area contributed by atoms with Gasteiger partial charge in [0, 0.05) is 38.1 Å². The van der Waals surface area contributed by atoms with Crippen LogP contribution in [0.5, 0.6) is 5.75 Å². The molecule has 1 aliphatic carbocycles. The molecule has 2 aromatic carbocycles. The Bertz CT molecular complexity index is 1610. The van der Waals surface area contributed by atoms with E-state index in [0.717, 1.165) is 43.2 Å². The first-order valence-electron chi connectivity index (χ1n) is 15.8. The van der Waals surface area contributed by atoms with E-state index in [4.69, 9.17) is 25.8 Å². The topological polar surface area (TPSA) is 114 Å². The molecule has 0 aromatic heterocycles. The number of aryl methyl sites for hydroxylation is 1. The summed E-state index contributed by atoms with van der Waals surface area (Å²) in [6.07, 6.45) is 7.47. The number of ether oxygens (including phenoxy) is 3. The molecule has 1 fully saturated rings. The molecule has 0 unspecified atom stereocenters. The average Bonchev–Trinajstić information content (AvgIpc) is 3.00. The van der Waals surface area contributed by atoms with Gasteiger partial charge in [-0.05, 0) is 106 Å². The Hall–Kier alpha value is -3.28. The van der Waals surface area contributed by atoms with Crippen LogP contribution in [0.4, 0.5) is 10.5 Å². The Morgan fingerprint density at radius 3 is 2.59 bits per heavy atom. The highest BCUT2D eigenvalue weighted by Crippen LogP contribution is 2.46. The summed E-state index contributed by atoms with van der Waals surface area (Å²) in [5, 5.41) is 0.674. The first-order chi connectivity index (χ1) is 21.7. The molecule has 2 heterocycles. The molecule has 2 aromatic rings. The van der Waals surface area contributed by atoms with Crippen molar-refractivity contribution in [2.24, 2.45) is 11.8 Å². The normalized spacial score (nSPS) is 26.8. The van der Waals surface area contributed by atoms with Crippen molar-refractivity contribution in [3.05, 3.63) is 64.7 Å². The lowest BCUT2D eigenvalue weighted by molar-refractivity contribution is -0.139. The largest absolute Gasteiger partial charge is 0.487 e. The molecule has 0 spiro atoms. The highest BCUT2D eigenvalue weighted by Gasteiger charge is 2.47. The molecular formula is C34H44ClN3O7S. The van der Waals surface area contributed by atoms with Crippen LogP contribution >= 0.6 is 11.6 Å². The maximum Gasteiger partial charge on any atom is 0.410 e. The molecule has 0 radical (unpaired) electrons. The van der Waals surface area contributed by atoms with Crippen molar-refractivity contribution in [1.82, 2.24) is 9.62 Å². The van der Waals surface area contributed by atoms with Gasteiger partial charge in [0.25, 0.3) is 15.9 Å². The van der Waals surface area contributed by atoms with Gasteiger partial charge in [-0.15, -0.1) is 0 Å². The number of sulfonamides is 1. The molecule has 1 N–H and O–H groups in total. The molecule has 250 valence electrons. The molecule has 2 amide bonds. The molecule has 2 bridgehead atoms. The van der Waals surface area contributed by atoms with Gasteiger partial charge in [0.15, 0.2) is 0 Å². The Kier molecular flexibility index (Phi) is 9.96. The standard InChI is InChI=1S/C34H44ClN3O7S/c1-33(2)31(39)36-46(41,42)27-13-15-30-29(20-27)38(17-7-6-9-23-19-26(35)12-10-25(23)22-43-30)21-24-11-14-28(24)34(3,16-8-18-44-33)45-32(40)37(4)5/h8,10,12-13,15-16,19-20,24,28H,6-7,9,11,14,17-18,21-22H2,1-5H3,(H,36,39)/b16-8+/t24-,28+,34-/m0/s1. The SMILES string of the molecule is CN(C)C(=O)O[C@@]1(C)/C=C/COC(C)(C)C(=O)NS(=O)(=O)c2ccc3c(c2)N(CCCCc2cc(Cl)ccc2CO3)C[C@@H]2CC[C@H]21. The third-order valence-electron chi connectivity index (χ3n) is 9.30. The second-order valence-electron chi connectivity index (χ2n) is 13.3. The van der Waals surface area contributed by atoms with E-state index >= 15 is 0 Å². The minimum absolute atomic E-state index is 0.00210. The summed E-state index contributed by atoms with van der Waals surface area (Å²) in [5.74, 6) is -0.120. The van der Waals surface area contributed by atoms with Crippen molar-refractivity contribution in [2.45, 2.75) is 75.6 Å². The molecule has 3 aliphatic rings. The van der Waals surface area contributed by atoms with Gasteiger partial charge in [-0.1, -0.05) is 23.7 Å². The van der Waals surface area contributed by atoms with E-state index in [-0.39, 0.29) is 29.9 Å². The van der Waals surface area contributed by atoms with E-state index in [1.54, 1.807) is 32.3 Å². The molecule has 12 heteroatoms. The fourth-order valence-corrected chi connectivity index (χ4v) is 7.65. The van der Waals surface area contributed by atoms with E-state index < -0.39 is 33.2 Å². The number of carbonyl (C=O) groups is 2. The van der Waals surface area contributed by atoms with Gasteiger partial charge in [-0.25, -0.2) is 17.9 Å². The van der Waals surface area contributed by atoms with Crippen molar-refractivity contribution in [1.29, 1.82) is 0 Å². The van der Waals surface area contributed by atoms with Gasteiger partial charge in [-0.3, -0.25) is 4.79 Å². The van der Waals surface area contributed by atoms with E-state index in [1.807, 2.05) is 31.2 Å². The van der Waals surface area contributed by atoms with Gasteiger partial charge < -0.3 is 24.0 Å². The number of nitrogens with one attached hydrogen (secondary N) is 1. The second kappa shape index (κ2) is 13.4. The highest BCUT2D eigenvalue weighted by molar-refractivity contribution is 7.90. The quantitative estimate of drug-likeness (QED) is 0.383. The number of amides is 2. The predicted molar refractivity (Wildman–Crippen MR) is 177 cm³/mol. The lowest BCUT2D eigenvalue weighted by atomic mass is 9.64. The molecule has 1 saturated carbocycles. The van der Waals surface area contributed by atoms with Crippen molar-refractivity contribution >= 4 is 39.3 Å². The Morgan fingerprint density at radius 2 is 1.87 bits per heavy atom. The molecule has 46 heavy (non-hydrogen) atoms. The Morgan fingerprint density at radius 1 is 1.09 bits per heavy atom. The van der Waals surface area contributed by atoms with Crippen LogP contribution in [-0.2, 0) is 37.3 Å². The smallest absolute Gasteiger partial charge is 0.410 e. The van der Waals surface area contributed by atoms with Crippen LogP contribution in [-0.4, -0.2) is 70.3 Å². The summed E-state index contributed by atoms with van der Waals surface area (Å²) < 4.78 is 47.6. The molecule has 0 saturated heterocycles. The summed E-state index contributed by atoms with van der Waals surface area (Å²) in [6, 6.07) is 10.5. The second-order valence-corrected chi connectivity index (χ2v) is 15.4. The van der Waals surface area contributed by atoms with Crippen LogP contribution in [0.1, 0.15) is 57.6 Å². The minimum Gasteiger partial charge on any atom is -0.487 e. The van der Waals surface area contributed by atoms with E-state index in [0.29, 0.717) is 29.5 Å². The van der Waals surface area contributed by atoms with Crippen molar-refractivity contribution in [2.75, 3.05) is 38.7 Å². The fraction of sp³-hybridized carbons (Fsp3) is 0.529. The van der Waals surface area contributed by atoms with Crippen molar-refractivity contribution in [3.63, 3.8) is 0 Å². The minimum atomic E-state index is -4.24. The molecule has 3 atom stereocenters. The number of anilines is 1. The Balaban J connectivity index is 1.58. The van der Waals surface area contributed by atoms with E-state index in [1.165, 1.54) is 24.8 Å². The molecule has 10 nitrogen and oxygen atoms in total. The van der Waals surface area contributed by atoms with Gasteiger partial charge in [0.05, 0.1) is 17.2 Å². The van der Waals surface area contributed by atoms with Crippen molar-refractivity contribution in [3.8, 4) is 5.75 Å². The number of hydrogen-bond acceptors (Lipinski definition) is 8. The summed E-state index contributed by atoms with van der Waals surface area (Å²) in [6.45, 7) is 6.50.